The van der Waals surface area contributed by atoms with Crippen LogP contribution in [-0.4, -0.2) is 47.5 Å². The normalized spacial score (nSPS) is 18.9. The van der Waals surface area contributed by atoms with Crippen molar-refractivity contribution >= 4 is 33.8 Å². The molecule has 1 fully saturated rings. The molecule has 1 aliphatic heterocycles. The molecular formula is C15H17N3O2S. The molecule has 0 spiro atoms. The first kappa shape index (κ1) is 14.2. The first-order valence-electron chi connectivity index (χ1n) is 6.85. The second-order valence-corrected chi connectivity index (χ2v) is 5.45. The van der Waals surface area contributed by atoms with Gasteiger partial charge in [-0.25, -0.2) is 0 Å². The van der Waals surface area contributed by atoms with Crippen LogP contribution < -0.4 is 10.6 Å². The highest BCUT2D eigenvalue weighted by molar-refractivity contribution is 7.80. The number of nitrogens with two attached hydrogens (primary N) is 1. The van der Waals surface area contributed by atoms with Crippen LogP contribution in [-0.2, 0) is 4.74 Å². The number of aliphatic hydroxyl groups excluding tert-OH is 1. The lowest BCUT2D eigenvalue weighted by Crippen LogP contribution is -2.48. The maximum absolute atomic E-state index is 9.62. The zero-order valence-corrected chi connectivity index (χ0v) is 12.3. The molecule has 0 radical (unpaired) electrons. The Morgan fingerprint density at radius 3 is 3.05 bits per heavy atom. The topological polar surface area (TPSA) is 71.6 Å². The standard InChI is InChI=1S/C15H17N3O2S/c16-15(21)12-7-17-13-4-2-1-3-11(13)14(12)18-5-6-20-9-10(18)8-19/h1-4,7,10,19H,5-6,8-9H2,(H2,16,21). The van der Waals surface area contributed by atoms with Crippen LogP contribution in [0.15, 0.2) is 30.5 Å². The van der Waals surface area contributed by atoms with Crippen LogP contribution >= 0.6 is 12.2 Å². The molecule has 1 atom stereocenters. The summed E-state index contributed by atoms with van der Waals surface area (Å²) in [6.45, 7) is 1.82. The summed E-state index contributed by atoms with van der Waals surface area (Å²) < 4.78 is 5.46. The van der Waals surface area contributed by atoms with E-state index in [9.17, 15) is 5.11 Å². The van der Waals surface area contributed by atoms with Crippen molar-refractivity contribution in [3.05, 3.63) is 36.0 Å². The summed E-state index contributed by atoms with van der Waals surface area (Å²) in [5.41, 5.74) is 8.44. The molecule has 3 rings (SSSR count). The first-order chi connectivity index (χ1) is 10.2. The van der Waals surface area contributed by atoms with Gasteiger partial charge < -0.3 is 20.5 Å². The number of hydrogen-bond donors (Lipinski definition) is 2. The Morgan fingerprint density at radius 2 is 2.29 bits per heavy atom. The number of aliphatic hydroxyl groups is 1. The minimum atomic E-state index is -0.0994. The van der Waals surface area contributed by atoms with Gasteiger partial charge in [-0.1, -0.05) is 30.4 Å². The minimum absolute atomic E-state index is 0.0213. The van der Waals surface area contributed by atoms with Crippen LogP contribution in [0.25, 0.3) is 10.9 Å². The Morgan fingerprint density at radius 1 is 1.48 bits per heavy atom. The van der Waals surface area contributed by atoms with Gasteiger partial charge in [-0.15, -0.1) is 0 Å². The van der Waals surface area contributed by atoms with Gasteiger partial charge in [0, 0.05) is 18.1 Å². The summed E-state index contributed by atoms with van der Waals surface area (Å²) in [7, 11) is 0. The molecule has 1 aliphatic rings. The van der Waals surface area contributed by atoms with E-state index in [-0.39, 0.29) is 12.6 Å². The number of anilines is 1. The van der Waals surface area contributed by atoms with E-state index in [0.717, 1.165) is 22.2 Å². The second-order valence-electron chi connectivity index (χ2n) is 5.01. The lowest BCUT2D eigenvalue weighted by molar-refractivity contribution is 0.0728. The lowest BCUT2D eigenvalue weighted by Gasteiger charge is -2.37. The van der Waals surface area contributed by atoms with Crippen LogP contribution in [0.5, 0.6) is 0 Å². The Bertz CT molecular complexity index is 677. The Balaban J connectivity index is 2.22. The number of thiocarbonyl (C=S) groups is 1. The third kappa shape index (κ3) is 2.57. The van der Waals surface area contributed by atoms with Crippen molar-refractivity contribution < 1.29 is 9.84 Å². The van der Waals surface area contributed by atoms with Crippen molar-refractivity contribution in [2.45, 2.75) is 6.04 Å². The molecule has 5 nitrogen and oxygen atoms in total. The molecule has 0 aliphatic carbocycles. The highest BCUT2D eigenvalue weighted by Crippen LogP contribution is 2.31. The van der Waals surface area contributed by atoms with Gasteiger partial charge in [-0.05, 0) is 6.07 Å². The van der Waals surface area contributed by atoms with Crippen LogP contribution in [0.3, 0.4) is 0 Å². The molecule has 1 aromatic carbocycles. The average molecular weight is 303 g/mol. The van der Waals surface area contributed by atoms with Gasteiger partial charge in [0.15, 0.2) is 0 Å². The van der Waals surface area contributed by atoms with Crippen LogP contribution in [0.2, 0.25) is 0 Å². The van der Waals surface area contributed by atoms with Crippen molar-refractivity contribution in [3.8, 4) is 0 Å². The summed E-state index contributed by atoms with van der Waals surface area (Å²) in [5, 5.41) is 10.6. The smallest absolute Gasteiger partial charge is 0.107 e. The number of pyridine rings is 1. The van der Waals surface area contributed by atoms with Crippen LogP contribution in [0, 0.1) is 0 Å². The molecule has 1 unspecified atom stereocenters. The number of para-hydroxylation sites is 1. The number of ether oxygens (including phenoxy) is 1. The lowest BCUT2D eigenvalue weighted by atomic mass is 10.1. The van der Waals surface area contributed by atoms with Crippen molar-refractivity contribution in [2.75, 3.05) is 31.3 Å². The summed E-state index contributed by atoms with van der Waals surface area (Å²) in [6.07, 6.45) is 1.71. The van der Waals surface area contributed by atoms with Gasteiger partial charge >= 0.3 is 0 Å². The monoisotopic (exact) mass is 303 g/mol. The summed E-state index contributed by atoms with van der Waals surface area (Å²) in [5.74, 6) is 0. The number of hydrogen-bond acceptors (Lipinski definition) is 5. The quantitative estimate of drug-likeness (QED) is 0.826. The third-order valence-corrected chi connectivity index (χ3v) is 3.96. The molecule has 21 heavy (non-hydrogen) atoms. The number of nitrogens with zero attached hydrogens (tertiary/aromatic N) is 2. The molecule has 2 aromatic rings. The molecule has 6 heteroatoms. The summed E-state index contributed by atoms with van der Waals surface area (Å²) >= 11 is 5.17. The van der Waals surface area contributed by atoms with Gasteiger partial charge in [-0.2, -0.15) is 0 Å². The zero-order valence-electron chi connectivity index (χ0n) is 11.5. The molecule has 0 amide bonds. The zero-order chi connectivity index (χ0) is 14.8. The minimum Gasteiger partial charge on any atom is -0.394 e. The SMILES string of the molecule is NC(=S)c1cnc2ccccc2c1N1CCOCC1CO. The van der Waals surface area contributed by atoms with E-state index >= 15 is 0 Å². The predicted octanol–water partition coefficient (Wildman–Crippen LogP) is 1.07. The Labute approximate surface area is 128 Å². The van der Waals surface area contributed by atoms with Crippen LogP contribution in [0.1, 0.15) is 5.56 Å². The summed E-state index contributed by atoms with van der Waals surface area (Å²) in [4.78, 5) is 6.86. The molecule has 0 saturated carbocycles. The largest absolute Gasteiger partial charge is 0.394 e. The fraction of sp³-hybridized carbons (Fsp3) is 0.333. The Kier molecular flexibility index (Phi) is 4.01. The van der Waals surface area contributed by atoms with Crippen molar-refractivity contribution in [3.63, 3.8) is 0 Å². The summed E-state index contributed by atoms with van der Waals surface area (Å²) in [6, 6.07) is 7.77. The van der Waals surface area contributed by atoms with Gasteiger partial charge in [0.25, 0.3) is 0 Å². The fourth-order valence-corrected chi connectivity index (χ4v) is 2.87. The van der Waals surface area contributed by atoms with E-state index in [2.05, 4.69) is 9.88 Å². The molecule has 3 N–H and O–H groups in total. The van der Waals surface area contributed by atoms with Gasteiger partial charge in [0.1, 0.15) is 4.99 Å². The van der Waals surface area contributed by atoms with Crippen LogP contribution in [0.4, 0.5) is 5.69 Å². The number of aromatic nitrogens is 1. The van der Waals surface area contributed by atoms with E-state index < -0.39 is 0 Å². The number of morpholine rings is 1. The van der Waals surface area contributed by atoms with Crippen molar-refractivity contribution in [1.82, 2.24) is 4.98 Å². The van der Waals surface area contributed by atoms with E-state index in [0.29, 0.717) is 24.7 Å². The number of rotatable bonds is 3. The maximum atomic E-state index is 9.62. The fourth-order valence-electron chi connectivity index (χ4n) is 2.72. The van der Waals surface area contributed by atoms with E-state index in [4.69, 9.17) is 22.7 Å². The molecule has 1 aromatic heterocycles. The van der Waals surface area contributed by atoms with E-state index in [1.807, 2.05) is 24.3 Å². The average Bonchev–Trinajstić information content (AvgIpc) is 2.53. The first-order valence-corrected chi connectivity index (χ1v) is 7.26. The molecule has 0 bridgehead atoms. The van der Waals surface area contributed by atoms with Gasteiger partial charge in [0.2, 0.25) is 0 Å². The van der Waals surface area contributed by atoms with E-state index in [1.165, 1.54) is 0 Å². The Hall–Kier alpha value is -1.76. The number of benzene rings is 1. The van der Waals surface area contributed by atoms with Gasteiger partial charge in [-0.3, -0.25) is 4.98 Å². The van der Waals surface area contributed by atoms with Crippen molar-refractivity contribution in [2.24, 2.45) is 5.73 Å². The third-order valence-electron chi connectivity index (χ3n) is 3.74. The highest BCUT2D eigenvalue weighted by Gasteiger charge is 2.26. The van der Waals surface area contributed by atoms with Crippen molar-refractivity contribution in [1.29, 1.82) is 0 Å². The molecule has 110 valence electrons. The molecule has 1 saturated heterocycles. The highest BCUT2D eigenvalue weighted by atomic mass is 32.1. The van der Waals surface area contributed by atoms with Gasteiger partial charge in [0.05, 0.1) is 42.6 Å². The molecular weight excluding hydrogens is 286 g/mol. The second kappa shape index (κ2) is 5.93. The predicted molar refractivity (Wildman–Crippen MR) is 86.7 cm³/mol. The number of fused-ring (bicyclic) bond motifs is 1. The molecule has 2 heterocycles. The maximum Gasteiger partial charge on any atom is 0.107 e. The van der Waals surface area contributed by atoms with E-state index in [1.54, 1.807) is 6.20 Å².